The van der Waals surface area contributed by atoms with Gasteiger partial charge in [-0.15, -0.1) is 0 Å². The SMILES string of the molecule is COC(=O)c1c(C)[nH]c(C(=O)NCc2cc3ccccc3o2)c1C. The lowest BCUT2D eigenvalue weighted by molar-refractivity contribution is 0.0599. The highest BCUT2D eigenvalue weighted by atomic mass is 16.5. The number of carbonyl (C=O) groups is 2. The van der Waals surface area contributed by atoms with Crippen molar-refractivity contribution in [1.29, 1.82) is 0 Å². The number of amides is 1. The van der Waals surface area contributed by atoms with Gasteiger partial charge in [0.2, 0.25) is 0 Å². The maximum Gasteiger partial charge on any atom is 0.339 e. The van der Waals surface area contributed by atoms with Crippen molar-refractivity contribution in [3.8, 4) is 0 Å². The van der Waals surface area contributed by atoms with Crippen molar-refractivity contribution in [1.82, 2.24) is 10.3 Å². The van der Waals surface area contributed by atoms with E-state index >= 15 is 0 Å². The van der Waals surface area contributed by atoms with Gasteiger partial charge < -0.3 is 19.5 Å². The first-order valence-electron chi connectivity index (χ1n) is 7.54. The predicted molar refractivity (Wildman–Crippen MR) is 89.0 cm³/mol. The lowest BCUT2D eigenvalue weighted by Crippen LogP contribution is -2.23. The van der Waals surface area contributed by atoms with Gasteiger partial charge in [-0.25, -0.2) is 4.79 Å². The summed E-state index contributed by atoms with van der Waals surface area (Å²) in [5, 5.41) is 3.79. The van der Waals surface area contributed by atoms with Crippen LogP contribution in [0.1, 0.15) is 37.9 Å². The molecule has 2 N–H and O–H groups in total. The first-order valence-corrected chi connectivity index (χ1v) is 7.54. The van der Waals surface area contributed by atoms with Crippen LogP contribution in [0.3, 0.4) is 0 Å². The molecule has 0 fully saturated rings. The van der Waals surface area contributed by atoms with E-state index in [1.54, 1.807) is 13.8 Å². The number of ether oxygens (including phenoxy) is 1. The molecule has 0 spiro atoms. The second kappa shape index (κ2) is 6.23. The smallest absolute Gasteiger partial charge is 0.339 e. The van der Waals surface area contributed by atoms with E-state index in [0.717, 1.165) is 11.0 Å². The highest BCUT2D eigenvalue weighted by Crippen LogP contribution is 2.20. The average Bonchev–Trinajstić information content (AvgIpc) is 3.12. The molecule has 0 saturated heterocycles. The highest BCUT2D eigenvalue weighted by molar-refractivity contribution is 6.00. The quantitative estimate of drug-likeness (QED) is 0.722. The summed E-state index contributed by atoms with van der Waals surface area (Å²) in [6.45, 7) is 3.71. The Kier molecular flexibility index (Phi) is 4.12. The van der Waals surface area contributed by atoms with Crippen LogP contribution in [0.4, 0.5) is 0 Å². The van der Waals surface area contributed by atoms with Crippen LogP contribution in [-0.4, -0.2) is 24.0 Å². The standard InChI is InChI=1S/C18H18N2O4/c1-10-15(18(22)23-3)11(2)20-16(10)17(21)19-9-13-8-12-6-4-5-7-14(12)24-13/h4-8,20H,9H2,1-3H3,(H,19,21). The number of esters is 1. The number of H-pyrrole nitrogens is 1. The molecule has 0 radical (unpaired) electrons. The average molecular weight is 326 g/mol. The highest BCUT2D eigenvalue weighted by Gasteiger charge is 2.22. The lowest BCUT2D eigenvalue weighted by atomic mass is 10.1. The van der Waals surface area contributed by atoms with Gasteiger partial charge in [-0.3, -0.25) is 4.79 Å². The Labute approximate surface area is 138 Å². The maximum atomic E-state index is 12.4. The summed E-state index contributed by atoms with van der Waals surface area (Å²) in [5.41, 5.74) is 2.70. The Hall–Kier alpha value is -3.02. The Bertz CT molecular complexity index is 887. The lowest BCUT2D eigenvalue weighted by Gasteiger charge is -2.03. The molecule has 6 heteroatoms. The molecule has 1 amide bonds. The molecule has 0 unspecified atom stereocenters. The fourth-order valence-electron chi connectivity index (χ4n) is 2.77. The van der Waals surface area contributed by atoms with Crippen molar-refractivity contribution >= 4 is 22.8 Å². The third-order valence-corrected chi connectivity index (χ3v) is 3.95. The van der Waals surface area contributed by atoms with E-state index < -0.39 is 5.97 Å². The number of para-hydroxylation sites is 1. The third-order valence-electron chi connectivity index (χ3n) is 3.95. The molecule has 1 aromatic carbocycles. The number of carbonyl (C=O) groups excluding carboxylic acids is 2. The van der Waals surface area contributed by atoms with Gasteiger partial charge in [0.1, 0.15) is 17.0 Å². The summed E-state index contributed by atoms with van der Waals surface area (Å²) < 4.78 is 10.4. The van der Waals surface area contributed by atoms with Gasteiger partial charge in [-0.1, -0.05) is 18.2 Å². The summed E-state index contributed by atoms with van der Waals surface area (Å²) in [6.07, 6.45) is 0. The van der Waals surface area contributed by atoms with Crippen LogP contribution in [-0.2, 0) is 11.3 Å². The molecule has 3 rings (SSSR count). The first-order chi connectivity index (χ1) is 11.5. The summed E-state index contributed by atoms with van der Waals surface area (Å²) in [4.78, 5) is 27.1. The first kappa shape index (κ1) is 15.9. The van der Waals surface area contributed by atoms with Gasteiger partial charge in [-0.2, -0.15) is 0 Å². The zero-order valence-corrected chi connectivity index (χ0v) is 13.7. The third kappa shape index (κ3) is 2.78. The minimum Gasteiger partial charge on any atom is -0.465 e. The van der Waals surface area contributed by atoms with E-state index in [1.165, 1.54) is 7.11 Å². The molecule has 0 aliphatic carbocycles. The number of nitrogens with one attached hydrogen (secondary N) is 2. The Balaban J connectivity index is 1.76. The summed E-state index contributed by atoms with van der Waals surface area (Å²) in [6, 6.07) is 9.54. The number of fused-ring (bicyclic) bond motifs is 1. The number of furan rings is 1. The largest absolute Gasteiger partial charge is 0.465 e. The van der Waals surface area contributed by atoms with Gasteiger partial charge in [-0.05, 0) is 31.5 Å². The van der Waals surface area contributed by atoms with E-state index in [2.05, 4.69) is 10.3 Å². The van der Waals surface area contributed by atoms with Gasteiger partial charge in [0, 0.05) is 11.1 Å². The molecule has 3 aromatic rings. The van der Waals surface area contributed by atoms with E-state index in [4.69, 9.17) is 9.15 Å². The fourth-order valence-corrected chi connectivity index (χ4v) is 2.77. The minimum atomic E-state index is -0.461. The second-order valence-corrected chi connectivity index (χ2v) is 5.55. The van der Waals surface area contributed by atoms with Crippen LogP contribution in [0.25, 0.3) is 11.0 Å². The zero-order valence-electron chi connectivity index (χ0n) is 13.7. The van der Waals surface area contributed by atoms with E-state index in [9.17, 15) is 9.59 Å². The van der Waals surface area contributed by atoms with E-state index in [-0.39, 0.29) is 12.5 Å². The molecular formula is C18H18N2O4. The normalized spacial score (nSPS) is 10.8. The van der Waals surface area contributed by atoms with Crippen molar-refractivity contribution in [2.24, 2.45) is 0 Å². The monoisotopic (exact) mass is 326 g/mol. The molecule has 0 bridgehead atoms. The predicted octanol–water partition coefficient (Wildman–Crippen LogP) is 3.09. The Morgan fingerprint density at radius 3 is 2.71 bits per heavy atom. The summed E-state index contributed by atoms with van der Waals surface area (Å²) >= 11 is 0. The maximum absolute atomic E-state index is 12.4. The van der Waals surface area contributed by atoms with Gasteiger partial charge in [0.15, 0.2) is 0 Å². The van der Waals surface area contributed by atoms with Gasteiger partial charge in [0.25, 0.3) is 5.91 Å². The Morgan fingerprint density at radius 2 is 2.00 bits per heavy atom. The fraction of sp³-hybridized carbons (Fsp3) is 0.222. The topological polar surface area (TPSA) is 84.3 Å². The summed E-state index contributed by atoms with van der Waals surface area (Å²) in [7, 11) is 1.32. The Morgan fingerprint density at radius 1 is 1.25 bits per heavy atom. The minimum absolute atomic E-state index is 0.262. The number of aromatic nitrogens is 1. The molecule has 0 aliphatic heterocycles. The number of hydrogen-bond donors (Lipinski definition) is 2. The zero-order chi connectivity index (χ0) is 17.3. The van der Waals surface area contributed by atoms with E-state index in [1.807, 2.05) is 30.3 Å². The molecular weight excluding hydrogens is 308 g/mol. The number of hydrogen-bond acceptors (Lipinski definition) is 4. The van der Waals surface area contributed by atoms with Crippen LogP contribution in [0.5, 0.6) is 0 Å². The molecule has 6 nitrogen and oxygen atoms in total. The molecule has 24 heavy (non-hydrogen) atoms. The molecule has 0 saturated carbocycles. The van der Waals surface area contributed by atoms with Crippen LogP contribution >= 0.6 is 0 Å². The molecule has 124 valence electrons. The number of methoxy groups -OCH3 is 1. The van der Waals surface area contributed by atoms with Crippen molar-refractivity contribution in [2.45, 2.75) is 20.4 Å². The van der Waals surface area contributed by atoms with Gasteiger partial charge in [0.05, 0.1) is 19.2 Å². The van der Waals surface area contributed by atoms with Crippen LogP contribution < -0.4 is 5.32 Å². The van der Waals surface area contributed by atoms with Crippen LogP contribution in [0, 0.1) is 13.8 Å². The summed E-state index contributed by atoms with van der Waals surface area (Å²) in [5.74, 6) is -0.0949. The van der Waals surface area contributed by atoms with Crippen molar-refractivity contribution in [3.05, 3.63) is 58.6 Å². The molecule has 2 aromatic heterocycles. The molecule has 2 heterocycles. The van der Waals surface area contributed by atoms with Gasteiger partial charge >= 0.3 is 5.97 Å². The number of rotatable bonds is 4. The number of benzene rings is 1. The number of aromatic amines is 1. The van der Waals surface area contributed by atoms with E-state index in [0.29, 0.717) is 28.3 Å². The van der Waals surface area contributed by atoms with Crippen molar-refractivity contribution in [3.63, 3.8) is 0 Å². The van der Waals surface area contributed by atoms with Crippen LogP contribution in [0.15, 0.2) is 34.7 Å². The van der Waals surface area contributed by atoms with Crippen LogP contribution in [0.2, 0.25) is 0 Å². The van der Waals surface area contributed by atoms with Crippen molar-refractivity contribution in [2.75, 3.05) is 7.11 Å². The molecule has 0 aliphatic rings. The molecule has 0 atom stereocenters. The van der Waals surface area contributed by atoms with Crippen molar-refractivity contribution < 1.29 is 18.7 Å². The number of aryl methyl sites for hydroxylation is 1. The second-order valence-electron chi connectivity index (χ2n) is 5.55.